The lowest BCUT2D eigenvalue weighted by Crippen LogP contribution is -2.42. The first-order valence-corrected chi connectivity index (χ1v) is 11.1. The molecule has 0 bridgehead atoms. The van der Waals surface area contributed by atoms with Crippen molar-refractivity contribution in [2.45, 2.75) is 26.2 Å². The van der Waals surface area contributed by atoms with Crippen molar-refractivity contribution >= 4 is 23.2 Å². The second-order valence-corrected chi connectivity index (χ2v) is 9.17. The quantitative estimate of drug-likeness (QED) is 0.652. The monoisotopic (exact) mass is 418 g/mol. The minimum absolute atomic E-state index is 0.0509. The fraction of sp³-hybridized carbons (Fsp3) is 0.280. The minimum atomic E-state index is -0.701. The fourth-order valence-electron chi connectivity index (χ4n) is 4.13. The Labute approximate surface area is 181 Å². The van der Waals surface area contributed by atoms with Crippen molar-refractivity contribution in [3.63, 3.8) is 0 Å². The minimum Gasteiger partial charge on any atom is -0.369 e. The smallest absolute Gasteiger partial charge is 0.227 e. The zero-order valence-corrected chi connectivity index (χ0v) is 18.0. The van der Waals surface area contributed by atoms with Crippen molar-refractivity contribution in [2.75, 3.05) is 13.1 Å². The molecule has 0 radical (unpaired) electrons. The van der Waals surface area contributed by atoms with Gasteiger partial charge >= 0.3 is 0 Å². The largest absolute Gasteiger partial charge is 0.369 e. The number of amides is 2. The Balaban J connectivity index is 1.45. The van der Waals surface area contributed by atoms with Crippen molar-refractivity contribution in [1.29, 1.82) is 0 Å². The second kappa shape index (κ2) is 8.44. The number of aryl methyl sites for hydroxylation is 1. The maximum atomic E-state index is 12.8. The fourth-order valence-corrected chi connectivity index (χ4v) is 4.86. The van der Waals surface area contributed by atoms with Gasteiger partial charge in [-0.25, -0.2) is 0 Å². The van der Waals surface area contributed by atoms with Crippen LogP contribution in [0.25, 0.3) is 10.4 Å². The molecule has 5 heteroatoms. The third-order valence-electron chi connectivity index (χ3n) is 6.01. The Kier molecular flexibility index (Phi) is 5.73. The standard InChI is InChI=1S/C25H26N2O2S/c1-18-4-6-19(7-5-18)15-23(28)27-13-12-25(17-27,24(26)29)16-20-8-10-21(11-9-20)22-3-2-14-30-22/h2-11,14H,12-13,15-17H2,1H3,(H2,26,29)/t25-/m0/s1. The molecule has 4 rings (SSSR count). The summed E-state index contributed by atoms with van der Waals surface area (Å²) < 4.78 is 0. The van der Waals surface area contributed by atoms with Crippen LogP contribution in [-0.4, -0.2) is 29.8 Å². The predicted molar refractivity (Wildman–Crippen MR) is 121 cm³/mol. The van der Waals surface area contributed by atoms with Gasteiger partial charge in [0.2, 0.25) is 11.8 Å². The predicted octanol–water partition coefficient (Wildman–Crippen LogP) is 4.21. The van der Waals surface area contributed by atoms with Crippen LogP contribution in [0, 0.1) is 12.3 Å². The molecule has 30 heavy (non-hydrogen) atoms. The Morgan fingerprint density at radius 1 is 1.03 bits per heavy atom. The van der Waals surface area contributed by atoms with Gasteiger partial charge in [-0.1, -0.05) is 60.2 Å². The SMILES string of the molecule is Cc1ccc(CC(=O)N2CC[C@@](Cc3ccc(-c4cccs4)cc3)(C(N)=O)C2)cc1. The highest BCUT2D eigenvalue weighted by Gasteiger charge is 2.44. The molecule has 0 unspecified atom stereocenters. The molecule has 0 saturated carbocycles. The molecule has 1 atom stereocenters. The van der Waals surface area contributed by atoms with Gasteiger partial charge in [0.25, 0.3) is 0 Å². The van der Waals surface area contributed by atoms with Crippen molar-refractivity contribution in [3.05, 3.63) is 82.7 Å². The first kappa shape index (κ1) is 20.4. The van der Waals surface area contributed by atoms with Gasteiger partial charge in [0.05, 0.1) is 11.8 Å². The molecule has 1 fully saturated rings. The zero-order valence-electron chi connectivity index (χ0n) is 17.1. The average molecular weight is 419 g/mol. The van der Waals surface area contributed by atoms with E-state index in [1.54, 1.807) is 16.2 Å². The molecule has 2 aromatic carbocycles. The van der Waals surface area contributed by atoms with E-state index in [9.17, 15) is 9.59 Å². The average Bonchev–Trinajstić information content (AvgIpc) is 3.41. The summed E-state index contributed by atoms with van der Waals surface area (Å²) in [6.07, 6.45) is 1.51. The Morgan fingerprint density at radius 3 is 2.37 bits per heavy atom. The molecular formula is C25H26N2O2S. The highest BCUT2D eigenvalue weighted by atomic mass is 32.1. The molecule has 2 N–H and O–H groups in total. The van der Waals surface area contributed by atoms with E-state index >= 15 is 0 Å². The van der Waals surface area contributed by atoms with Crippen LogP contribution in [-0.2, 0) is 22.4 Å². The van der Waals surface area contributed by atoms with Crippen molar-refractivity contribution < 1.29 is 9.59 Å². The van der Waals surface area contributed by atoms with Gasteiger partial charge in [0.15, 0.2) is 0 Å². The molecule has 1 saturated heterocycles. The normalized spacial score (nSPS) is 18.5. The number of rotatable bonds is 6. The number of carbonyl (C=O) groups excluding carboxylic acids is 2. The number of hydrogen-bond donors (Lipinski definition) is 1. The Morgan fingerprint density at radius 2 is 1.73 bits per heavy atom. The topological polar surface area (TPSA) is 63.4 Å². The third-order valence-corrected chi connectivity index (χ3v) is 6.93. The van der Waals surface area contributed by atoms with Crippen molar-refractivity contribution in [2.24, 2.45) is 11.1 Å². The summed E-state index contributed by atoms with van der Waals surface area (Å²) in [6.45, 7) is 2.99. The highest BCUT2D eigenvalue weighted by molar-refractivity contribution is 7.13. The van der Waals surface area contributed by atoms with Crippen LogP contribution in [0.3, 0.4) is 0 Å². The molecule has 1 aromatic heterocycles. The number of benzene rings is 2. The van der Waals surface area contributed by atoms with Gasteiger partial charge in [0, 0.05) is 18.0 Å². The summed E-state index contributed by atoms with van der Waals surface area (Å²) in [6, 6.07) is 20.4. The molecule has 0 aliphatic carbocycles. The van der Waals surface area contributed by atoms with Crippen molar-refractivity contribution in [1.82, 2.24) is 4.90 Å². The maximum Gasteiger partial charge on any atom is 0.227 e. The summed E-state index contributed by atoms with van der Waals surface area (Å²) in [5.74, 6) is -0.273. The number of likely N-dealkylation sites (tertiary alicyclic amines) is 1. The molecule has 0 spiro atoms. The number of nitrogens with two attached hydrogens (primary N) is 1. The number of thiophene rings is 1. The lowest BCUT2D eigenvalue weighted by atomic mass is 9.80. The van der Waals surface area contributed by atoms with E-state index in [1.165, 1.54) is 16.0 Å². The van der Waals surface area contributed by atoms with Gasteiger partial charge in [-0.3, -0.25) is 9.59 Å². The number of hydrogen-bond acceptors (Lipinski definition) is 3. The Hall–Kier alpha value is -2.92. The molecule has 3 aromatic rings. The van der Waals surface area contributed by atoms with Crippen LogP contribution in [0.2, 0.25) is 0 Å². The van der Waals surface area contributed by atoms with E-state index in [0.29, 0.717) is 32.4 Å². The van der Waals surface area contributed by atoms with Crippen LogP contribution >= 0.6 is 11.3 Å². The van der Waals surface area contributed by atoms with Crippen LogP contribution < -0.4 is 5.73 Å². The van der Waals surface area contributed by atoms with Crippen LogP contribution in [0.4, 0.5) is 0 Å². The summed E-state index contributed by atoms with van der Waals surface area (Å²) in [5.41, 5.74) is 9.55. The number of nitrogens with zero attached hydrogens (tertiary/aromatic N) is 1. The van der Waals surface area contributed by atoms with Gasteiger partial charge in [-0.2, -0.15) is 0 Å². The van der Waals surface area contributed by atoms with Crippen LogP contribution in [0.1, 0.15) is 23.1 Å². The van der Waals surface area contributed by atoms with E-state index in [0.717, 1.165) is 11.1 Å². The molecule has 4 nitrogen and oxygen atoms in total. The van der Waals surface area contributed by atoms with Crippen LogP contribution in [0.5, 0.6) is 0 Å². The van der Waals surface area contributed by atoms with E-state index in [4.69, 9.17) is 5.73 Å². The van der Waals surface area contributed by atoms with Gasteiger partial charge in [-0.05, 0) is 47.9 Å². The lowest BCUT2D eigenvalue weighted by Gasteiger charge is -2.26. The maximum absolute atomic E-state index is 12.8. The van der Waals surface area contributed by atoms with Gasteiger partial charge in [-0.15, -0.1) is 11.3 Å². The lowest BCUT2D eigenvalue weighted by molar-refractivity contribution is -0.131. The summed E-state index contributed by atoms with van der Waals surface area (Å²) >= 11 is 1.71. The summed E-state index contributed by atoms with van der Waals surface area (Å²) in [5, 5.41) is 2.06. The van der Waals surface area contributed by atoms with E-state index in [1.807, 2.05) is 37.3 Å². The Bertz CT molecular complexity index is 1030. The third kappa shape index (κ3) is 4.31. The number of carbonyl (C=O) groups is 2. The second-order valence-electron chi connectivity index (χ2n) is 8.22. The first-order chi connectivity index (χ1) is 14.4. The number of primary amides is 1. The van der Waals surface area contributed by atoms with Gasteiger partial charge < -0.3 is 10.6 Å². The molecule has 2 amide bonds. The highest BCUT2D eigenvalue weighted by Crippen LogP contribution is 2.35. The summed E-state index contributed by atoms with van der Waals surface area (Å²) in [4.78, 5) is 28.3. The first-order valence-electron chi connectivity index (χ1n) is 10.2. The summed E-state index contributed by atoms with van der Waals surface area (Å²) in [7, 11) is 0. The van der Waals surface area contributed by atoms with E-state index in [-0.39, 0.29) is 11.8 Å². The molecule has 1 aliphatic heterocycles. The van der Waals surface area contributed by atoms with E-state index in [2.05, 4.69) is 35.7 Å². The molecular weight excluding hydrogens is 392 g/mol. The molecule has 2 heterocycles. The zero-order chi connectivity index (χ0) is 21.1. The van der Waals surface area contributed by atoms with Crippen molar-refractivity contribution in [3.8, 4) is 10.4 Å². The molecule has 154 valence electrons. The molecule has 1 aliphatic rings. The van der Waals surface area contributed by atoms with E-state index < -0.39 is 5.41 Å². The van der Waals surface area contributed by atoms with Gasteiger partial charge in [0.1, 0.15) is 0 Å². The van der Waals surface area contributed by atoms with Crippen LogP contribution in [0.15, 0.2) is 66.0 Å².